The van der Waals surface area contributed by atoms with Gasteiger partial charge in [0.2, 0.25) is 5.95 Å². The molecule has 0 bridgehead atoms. The van der Waals surface area contributed by atoms with Gasteiger partial charge in [-0.15, -0.1) is 11.3 Å². The number of nitrogens with one attached hydrogen (secondary N) is 2. The van der Waals surface area contributed by atoms with Crippen LogP contribution in [0.5, 0.6) is 0 Å². The molecule has 9 nitrogen and oxygen atoms in total. The van der Waals surface area contributed by atoms with Crippen LogP contribution in [0.2, 0.25) is 0 Å². The second kappa shape index (κ2) is 7.86. The summed E-state index contributed by atoms with van der Waals surface area (Å²) in [4.78, 5) is 27.8. The SMILES string of the molecule is C=C(c1ncc(CO)s1)c1n[nH]c2nc(N3CCC4(CC3)Cc3ccccc3[C@H]4N)[nH]c(=O)c12. The maximum Gasteiger partial charge on any atom is 0.264 e. The lowest BCUT2D eigenvalue weighted by Crippen LogP contribution is -2.45. The first kappa shape index (κ1) is 21.2. The Bertz CT molecular complexity index is 1460. The van der Waals surface area contributed by atoms with Gasteiger partial charge in [0.1, 0.15) is 16.1 Å². The average Bonchev–Trinajstić information content (AvgIpc) is 3.57. The Morgan fingerprint density at radius 1 is 1.32 bits per heavy atom. The lowest BCUT2D eigenvalue weighted by molar-refractivity contribution is 0.187. The summed E-state index contributed by atoms with van der Waals surface area (Å²) in [6.07, 6.45) is 4.47. The van der Waals surface area contributed by atoms with Crippen molar-refractivity contribution in [2.24, 2.45) is 11.1 Å². The molecule has 1 fully saturated rings. The fourth-order valence-corrected chi connectivity index (χ4v) is 6.13. The van der Waals surface area contributed by atoms with Gasteiger partial charge >= 0.3 is 0 Å². The number of aliphatic hydroxyl groups is 1. The van der Waals surface area contributed by atoms with Crippen molar-refractivity contribution < 1.29 is 5.11 Å². The van der Waals surface area contributed by atoms with Crippen molar-refractivity contribution in [1.29, 1.82) is 0 Å². The number of H-pyrrole nitrogens is 2. The highest BCUT2D eigenvalue weighted by atomic mass is 32.1. The molecular weight excluding hydrogens is 450 g/mol. The van der Waals surface area contributed by atoms with Gasteiger partial charge in [-0.3, -0.25) is 14.9 Å². The van der Waals surface area contributed by atoms with Crippen LogP contribution in [-0.4, -0.2) is 43.3 Å². The summed E-state index contributed by atoms with van der Waals surface area (Å²) in [6, 6.07) is 8.51. The topological polar surface area (TPSA) is 137 Å². The summed E-state index contributed by atoms with van der Waals surface area (Å²) in [5.74, 6) is 0.536. The van der Waals surface area contributed by atoms with Crippen molar-refractivity contribution in [1.82, 2.24) is 25.1 Å². The van der Waals surface area contributed by atoms with E-state index in [9.17, 15) is 9.90 Å². The predicted octanol–water partition coefficient (Wildman–Crippen LogP) is 2.50. The van der Waals surface area contributed by atoms with Crippen molar-refractivity contribution in [2.75, 3.05) is 18.0 Å². The molecule has 3 aromatic heterocycles. The Morgan fingerprint density at radius 2 is 2.12 bits per heavy atom. The van der Waals surface area contributed by atoms with Crippen LogP contribution in [0.4, 0.5) is 5.95 Å². The first-order chi connectivity index (χ1) is 16.5. The molecule has 1 spiro atoms. The Kier molecular flexibility index (Phi) is 4.91. The number of hydrogen-bond donors (Lipinski definition) is 4. The standard InChI is InChI=1S/C24H25N7O2S/c1-13(22-26-11-15(12-32)34-22)18-17-20(30-29-18)27-23(28-21(17)33)31-8-6-24(7-9-31)10-14-4-2-3-5-16(14)19(24)25/h2-5,11,19,32H,1,6-10,12,25H2,(H2,27,28,29,30,33)/t19-/m1/s1. The number of aromatic amines is 2. The first-order valence-corrected chi connectivity index (χ1v) is 12.1. The molecule has 34 heavy (non-hydrogen) atoms. The molecule has 4 aromatic rings. The smallest absolute Gasteiger partial charge is 0.264 e. The van der Waals surface area contributed by atoms with E-state index in [4.69, 9.17) is 5.73 Å². The van der Waals surface area contributed by atoms with E-state index in [2.05, 4.69) is 60.9 Å². The van der Waals surface area contributed by atoms with Gasteiger partial charge in [0.25, 0.3) is 5.56 Å². The minimum atomic E-state index is -0.269. The number of rotatable bonds is 4. The largest absolute Gasteiger partial charge is 0.391 e. The Hall–Kier alpha value is -3.34. The number of hydrogen-bond acceptors (Lipinski definition) is 8. The third kappa shape index (κ3) is 3.21. The van der Waals surface area contributed by atoms with E-state index in [0.29, 0.717) is 33.3 Å². The van der Waals surface area contributed by atoms with E-state index in [1.165, 1.54) is 22.5 Å². The monoisotopic (exact) mass is 475 g/mol. The molecule has 0 radical (unpaired) electrons. The fraction of sp³-hybridized carbons (Fsp3) is 0.333. The van der Waals surface area contributed by atoms with Gasteiger partial charge in [0, 0.05) is 30.9 Å². The maximum absolute atomic E-state index is 13.1. The molecule has 5 N–H and O–H groups in total. The Morgan fingerprint density at radius 3 is 2.85 bits per heavy atom. The van der Waals surface area contributed by atoms with Crippen LogP contribution in [0.3, 0.4) is 0 Å². The molecule has 0 amide bonds. The molecule has 174 valence electrons. The second-order valence-corrected chi connectivity index (χ2v) is 10.3. The number of nitrogens with zero attached hydrogens (tertiary/aromatic N) is 4. The number of aromatic nitrogens is 5. The Labute approximate surface area is 199 Å². The normalized spacial score (nSPS) is 19.1. The molecule has 4 heterocycles. The zero-order valence-corrected chi connectivity index (χ0v) is 19.4. The van der Waals surface area contributed by atoms with Crippen molar-refractivity contribution in [3.05, 3.63) is 74.1 Å². The van der Waals surface area contributed by atoms with Gasteiger partial charge in [-0.2, -0.15) is 10.1 Å². The predicted molar refractivity (Wildman–Crippen MR) is 132 cm³/mol. The lowest BCUT2D eigenvalue weighted by atomic mass is 9.73. The summed E-state index contributed by atoms with van der Waals surface area (Å²) in [7, 11) is 0. The van der Waals surface area contributed by atoms with Crippen LogP contribution in [0, 0.1) is 5.41 Å². The number of nitrogens with two attached hydrogens (primary N) is 1. The first-order valence-electron chi connectivity index (χ1n) is 11.3. The van der Waals surface area contributed by atoms with E-state index in [-0.39, 0.29) is 23.6 Å². The average molecular weight is 476 g/mol. The van der Waals surface area contributed by atoms with Crippen molar-refractivity contribution in [3.8, 4) is 0 Å². The summed E-state index contributed by atoms with van der Waals surface area (Å²) < 4.78 is 0. The van der Waals surface area contributed by atoms with Crippen LogP contribution >= 0.6 is 11.3 Å². The van der Waals surface area contributed by atoms with Crippen molar-refractivity contribution in [2.45, 2.75) is 31.9 Å². The van der Waals surface area contributed by atoms with Gasteiger partial charge < -0.3 is 15.7 Å². The zero-order valence-electron chi connectivity index (χ0n) is 18.5. The maximum atomic E-state index is 13.1. The second-order valence-electron chi connectivity index (χ2n) is 9.16. The van der Waals surface area contributed by atoms with Gasteiger partial charge in [-0.1, -0.05) is 30.8 Å². The molecule has 0 saturated carbocycles. The molecule has 1 aromatic carbocycles. The third-order valence-corrected chi connectivity index (χ3v) is 8.36. The number of aliphatic hydroxyl groups excluding tert-OH is 1. The van der Waals surface area contributed by atoms with Gasteiger partial charge in [-0.25, -0.2) is 4.98 Å². The lowest BCUT2D eigenvalue weighted by Gasteiger charge is -2.42. The molecule has 1 atom stereocenters. The molecule has 6 rings (SSSR count). The van der Waals surface area contributed by atoms with E-state index < -0.39 is 0 Å². The minimum Gasteiger partial charge on any atom is -0.391 e. The third-order valence-electron chi connectivity index (χ3n) is 7.32. The molecule has 1 aliphatic heterocycles. The van der Waals surface area contributed by atoms with E-state index in [1.54, 1.807) is 6.20 Å². The number of fused-ring (bicyclic) bond motifs is 2. The van der Waals surface area contributed by atoms with Crippen LogP contribution in [0.1, 0.15) is 45.6 Å². The number of benzene rings is 1. The zero-order chi connectivity index (χ0) is 23.4. The summed E-state index contributed by atoms with van der Waals surface area (Å²) >= 11 is 1.32. The van der Waals surface area contributed by atoms with E-state index in [1.807, 2.05) is 0 Å². The molecule has 0 unspecified atom stereocenters. The number of anilines is 1. The highest BCUT2D eigenvalue weighted by molar-refractivity contribution is 7.12. The molecule has 1 aliphatic carbocycles. The molecular formula is C24H25N7O2S. The van der Waals surface area contributed by atoms with Crippen molar-refractivity contribution in [3.63, 3.8) is 0 Å². The quantitative estimate of drug-likeness (QED) is 0.356. The highest BCUT2D eigenvalue weighted by Gasteiger charge is 2.46. The molecule has 1 saturated heterocycles. The number of piperidine rings is 1. The molecule has 2 aliphatic rings. The number of thiazole rings is 1. The van der Waals surface area contributed by atoms with Crippen LogP contribution in [0.25, 0.3) is 16.6 Å². The summed E-state index contributed by atoms with van der Waals surface area (Å²) in [6.45, 7) is 5.51. The van der Waals surface area contributed by atoms with Crippen LogP contribution in [0.15, 0.2) is 41.8 Å². The van der Waals surface area contributed by atoms with Gasteiger partial charge in [0.05, 0.1) is 11.5 Å². The Balaban J connectivity index is 1.25. The van der Waals surface area contributed by atoms with Crippen molar-refractivity contribution >= 4 is 33.9 Å². The minimum absolute atomic E-state index is 0.0405. The van der Waals surface area contributed by atoms with Gasteiger partial charge in [0.15, 0.2) is 5.65 Å². The summed E-state index contributed by atoms with van der Waals surface area (Å²) in [5.41, 5.74) is 10.5. The van der Waals surface area contributed by atoms with E-state index >= 15 is 0 Å². The fourth-order valence-electron chi connectivity index (χ4n) is 5.39. The highest BCUT2D eigenvalue weighted by Crippen LogP contribution is 2.50. The molecule has 10 heteroatoms. The van der Waals surface area contributed by atoms with Crippen LogP contribution in [-0.2, 0) is 13.0 Å². The van der Waals surface area contributed by atoms with Gasteiger partial charge in [-0.05, 0) is 35.8 Å². The van der Waals surface area contributed by atoms with Crippen LogP contribution < -0.4 is 16.2 Å². The van der Waals surface area contributed by atoms with E-state index in [0.717, 1.165) is 37.2 Å². The summed E-state index contributed by atoms with van der Waals surface area (Å²) in [5, 5.41) is 17.5.